The molecule has 2 aromatic carbocycles. The summed E-state index contributed by atoms with van der Waals surface area (Å²) in [6.45, 7) is 0. The first-order valence-corrected chi connectivity index (χ1v) is 10.3. The van der Waals surface area contributed by atoms with Gasteiger partial charge in [0, 0.05) is 18.0 Å². The number of ketones is 1. The Morgan fingerprint density at radius 1 is 1.17 bits per heavy atom. The van der Waals surface area contributed by atoms with Gasteiger partial charge in [0.25, 0.3) is 0 Å². The van der Waals surface area contributed by atoms with E-state index in [0.29, 0.717) is 28.7 Å². The van der Waals surface area contributed by atoms with Crippen LogP contribution in [0, 0.1) is 29.0 Å². The first kappa shape index (κ1) is 20.2. The van der Waals surface area contributed by atoms with Crippen LogP contribution in [0.15, 0.2) is 42.5 Å². The van der Waals surface area contributed by atoms with Crippen molar-refractivity contribution in [3.8, 4) is 17.2 Å². The van der Waals surface area contributed by atoms with Crippen molar-refractivity contribution in [1.82, 2.24) is 5.32 Å². The second kappa shape index (κ2) is 8.37. The molecule has 1 amide bonds. The maximum Gasteiger partial charge on any atom is 0.248 e. The molecule has 2 fully saturated rings. The highest BCUT2D eigenvalue weighted by molar-refractivity contribution is 5.93. The number of hydrogen-bond acceptors (Lipinski definition) is 4. The Hall–Kier alpha value is -3.04. The minimum absolute atomic E-state index is 0.0697. The summed E-state index contributed by atoms with van der Waals surface area (Å²) in [4.78, 5) is 23.8. The topological polar surface area (TPSA) is 96.0 Å². The van der Waals surface area contributed by atoms with Gasteiger partial charge in [-0.25, -0.2) is 4.39 Å². The molecule has 3 N–H and O–H groups in total. The summed E-state index contributed by atoms with van der Waals surface area (Å²) in [5.41, 5.74) is 7.49. The van der Waals surface area contributed by atoms with E-state index in [0.717, 1.165) is 24.8 Å². The number of nitriles is 1. The fourth-order valence-electron chi connectivity index (χ4n) is 4.73. The van der Waals surface area contributed by atoms with E-state index >= 15 is 0 Å². The summed E-state index contributed by atoms with van der Waals surface area (Å²) in [6, 6.07) is 14.0. The number of nitrogens with two attached hydrogens (primary N) is 1. The standard InChI is InChI=1S/C24H24FN3O2/c25-21-12-17(15-1-3-16(4-2-15)24(27)30)5-6-18(21)9-14(13-26)10-22(29)23-19-7-8-20(11-19)28-23/h1-6,12,14,19-20,23,28H,7-11H2,(H2,27,30)/t14?,19-,20+,23-/m0/s1. The Morgan fingerprint density at radius 3 is 2.47 bits per heavy atom. The molecule has 2 bridgehead atoms. The molecule has 2 aliphatic rings. The highest BCUT2D eigenvalue weighted by atomic mass is 19.1. The summed E-state index contributed by atoms with van der Waals surface area (Å²) >= 11 is 0. The smallest absolute Gasteiger partial charge is 0.248 e. The van der Waals surface area contributed by atoms with Crippen LogP contribution >= 0.6 is 0 Å². The van der Waals surface area contributed by atoms with E-state index in [-0.39, 0.29) is 24.7 Å². The fraction of sp³-hybridized carbons (Fsp3) is 0.375. The molecule has 5 nitrogen and oxygen atoms in total. The molecule has 4 rings (SSSR count). The summed E-state index contributed by atoms with van der Waals surface area (Å²) in [6.07, 6.45) is 3.59. The lowest BCUT2D eigenvalue weighted by molar-refractivity contribution is -0.122. The van der Waals surface area contributed by atoms with Gasteiger partial charge in [0.2, 0.25) is 5.91 Å². The van der Waals surface area contributed by atoms with Crippen molar-refractivity contribution in [2.45, 2.75) is 44.2 Å². The van der Waals surface area contributed by atoms with Gasteiger partial charge in [-0.1, -0.05) is 24.3 Å². The second-order valence-electron chi connectivity index (χ2n) is 8.36. The Bertz CT molecular complexity index is 1010. The molecule has 0 radical (unpaired) electrons. The number of fused-ring (bicyclic) bond motifs is 2. The monoisotopic (exact) mass is 405 g/mol. The van der Waals surface area contributed by atoms with Gasteiger partial charge in [0.1, 0.15) is 5.82 Å². The molecular weight excluding hydrogens is 381 g/mol. The number of halogens is 1. The van der Waals surface area contributed by atoms with Crippen molar-refractivity contribution in [3.05, 3.63) is 59.4 Å². The number of carbonyl (C=O) groups is 2. The summed E-state index contributed by atoms with van der Waals surface area (Å²) in [5, 5.41) is 12.9. The highest BCUT2D eigenvalue weighted by Crippen LogP contribution is 2.36. The first-order valence-electron chi connectivity index (χ1n) is 10.3. The number of hydrogen-bond donors (Lipinski definition) is 2. The van der Waals surface area contributed by atoms with Crippen molar-refractivity contribution in [3.63, 3.8) is 0 Å². The lowest BCUT2D eigenvalue weighted by Gasteiger charge is -2.22. The van der Waals surface area contributed by atoms with Gasteiger partial charge in [-0.15, -0.1) is 0 Å². The van der Waals surface area contributed by atoms with Crippen molar-refractivity contribution < 1.29 is 14.0 Å². The Kier molecular flexibility index (Phi) is 5.65. The third-order valence-electron chi connectivity index (χ3n) is 6.36. The highest BCUT2D eigenvalue weighted by Gasteiger charge is 2.42. The second-order valence-corrected chi connectivity index (χ2v) is 8.36. The van der Waals surface area contributed by atoms with Gasteiger partial charge >= 0.3 is 0 Å². The fourth-order valence-corrected chi connectivity index (χ4v) is 4.73. The largest absolute Gasteiger partial charge is 0.366 e. The molecule has 1 aliphatic carbocycles. The number of piperidine rings is 1. The van der Waals surface area contributed by atoms with Crippen LogP contribution in [0.25, 0.3) is 11.1 Å². The zero-order valence-corrected chi connectivity index (χ0v) is 16.6. The van der Waals surface area contributed by atoms with E-state index in [4.69, 9.17) is 5.73 Å². The minimum Gasteiger partial charge on any atom is -0.366 e. The van der Waals surface area contributed by atoms with E-state index in [1.54, 1.807) is 36.4 Å². The van der Waals surface area contributed by atoms with Crippen molar-refractivity contribution in [2.24, 2.45) is 17.6 Å². The van der Waals surface area contributed by atoms with Gasteiger partial charge < -0.3 is 11.1 Å². The molecular formula is C24H24FN3O2. The third kappa shape index (κ3) is 4.12. The predicted molar refractivity (Wildman–Crippen MR) is 111 cm³/mol. The number of Topliss-reactive ketones (excluding diaryl/α,β-unsaturated/α-hetero) is 1. The van der Waals surface area contributed by atoms with Crippen LogP contribution in [-0.4, -0.2) is 23.8 Å². The molecule has 1 aliphatic heterocycles. The molecule has 6 heteroatoms. The number of rotatable bonds is 7. The van der Waals surface area contributed by atoms with E-state index in [1.165, 1.54) is 6.07 Å². The van der Waals surface area contributed by atoms with Gasteiger partial charge in [-0.2, -0.15) is 5.26 Å². The number of benzene rings is 2. The SMILES string of the molecule is N#CC(CC(=O)[C@H]1N[C@@H]2CC[C@H]1C2)Cc1ccc(-c2ccc(C(N)=O)cc2)cc1F. The molecule has 1 saturated heterocycles. The number of primary amides is 1. The van der Waals surface area contributed by atoms with Crippen LogP contribution in [0.5, 0.6) is 0 Å². The number of nitrogens with zero attached hydrogens (tertiary/aromatic N) is 1. The van der Waals surface area contributed by atoms with Crippen molar-refractivity contribution in [2.75, 3.05) is 0 Å². The van der Waals surface area contributed by atoms with E-state index in [9.17, 15) is 19.2 Å². The molecule has 1 heterocycles. The van der Waals surface area contributed by atoms with E-state index in [2.05, 4.69) is 11.4 Å². The molecule has 1 saturated carbocycles. The normalized spacial score (nSPS) is 23.1. The lowest BCUT2D eigenvalue weighted by Crippen LogP contribution is -2.42. The average molecular weight is 405 g/mol. The lowest BCUT2D eigenvalue weighted by atomic mass is 9.88. The third-order valence-corrected chi connectivity index (χ3v) is 6.36. The van der Waals surface area contributed by atoms with E-state index in [1.807, 2.05) is 0 Å². The molecule has 0 spiro atoms. The molecule has 4 atom stereocenters. The Balaban J connectivity index is 1.42. The molecule has 30 heavy (non-hydrogen) atoms. The number of nitrogens with one attached hydrogen (secondary N) is 1. The zero-order chi connectivity index (χ0) is 21.3. The summed E-state index contributed by atoms with van der Waals surface area (Å²) < 4.78 is 14.7. The Morgan fingerprint density at radius 2 is 1.90 bits per heavy atom. The van der Waals surface area contributed by atoms with Crippen LogP contribution in [0.2, 0.25) is 0 Å². The van der Waals surface area contributed by atoms with Gasteiger partial charge in [-0.3, -0.25) is 9.59 Å². The minimum atomic E-state index is -0.548. The maximum atomic E-state index is 14.7. The number of amides is 1. The average Bonchev–Trinajstić information content (AvgIpc) is 3.38. The molecule has 2 aromatic rings. The Labute approximate surface area is 175 Å². The van der Waals surface area contributed by atoms with Crippen molar-refractivity contribution >= 4 is 11.7 Å². The van der Waals surface area contributed by atoms with Crippen LogP contribution in [-0.2, 0) is 11.2 Å². The van der Waals surface area contributed by atoms with Crippen LogP contribution in [0.4, 0.5) is 4.39 Å². The molecule has 1 unspecified atom stereocenters. The predicted octanol–water partition coefficient (Wildman–Crippen LogP) is 3.37. The number of carbonyl (C=O) groups excluding carboxylic acids is 2. The molecule has 154 valence electrons. The van der Waals surface area contributed by atoms with Crippen LogP contribution in [0.3, 0.4) is 0 Å². The van der Waals surface area contributed by atoms with Crippen molar-refractivity contribution in [1.29, 1.82) is 5.26 Å². The van der Waals surface area contributed by atoms with Gasteiger partial charge in [0.05, 0.1) is 18.0 Å². The maximum absolute atomic E-state index is 14.7. The zero-order valence-electron chi connectivity index (χ0n) is 16.6. The van der Waals surface area contributed by atoms with Gasteiger partial charge in [-0.05, 0) is 66.5 Å². The summed E-state index contributed by atoms with van der Waals surface area (Å²) in [5.74, 6) is -1.01. The summed E-state index contributed by atoms with van der Waals surface area (Å²) in [7, 11) is 0. The van der Waals surface area contributed by atoms with Crippen LogP contribution < -0.4 is 11.1 Å². The van der Waals surface area contributed by atoms with E-state index < -0.39 is 17.6 Å². The molecule has 0 aromatic heterocycles. The first-order chi connectivity index (χ1) is 14.4. The van der Waals surface area contributed by atoms with Gasteiger partial charge in [0.15, 0.2) is 5.78 Å². The van der Waals surface area contributed by atoms with Crippen LogP contribution in [0.1, 0.15) is 41.6 Å². The quantitative estimate of drug-likeness (QED) is 0.738.